The largest absolute Gasteiger partial charge is 0.454 e. The maximum absolute atomic E-state index is 13.2. The van der Waals surface area contributed by atoms with Crippen molar-refractivity contribution in [3.8, 4) is 11.5 Å². The minimum Gasteiger partial charge on any atom is -0.454 e. The van der Waals surface area contributed by atoms with Crippen LogP contribution in [-0.4, -0.2) is 18.5 Å². The molecule has 112 valence electrons. The normalized spacial score (nSPS) is 12.1. The van der Waals surface area contributed by atoms with Crippen LogP contribution in [0.5, 0.6) is 11.5 Å². The van der Waals surface area contributed by atoms with Gasteiger partial charge in [0, 0.05) is 17.2 Å². The van der Waals surface area contributed by atoms with Crippen molar-refractivity contribution in [3.63, 3.8) is 0 Å². The zero-order valence-electron chi connectivity index (χ0n) is 11.7. The molecule has 0 atom stereocenters. The van der Waals surface area contributed by atoms with Gasteiger partial charge in [-0.1, -0.05) is 6.07 Å². The van der Waals surface area contributed by atoms with Crippen LogP contribution >= 0.6 is 0 Å². The second-order valence-corrected chi connectivity index (χ2v) is 4.77. The lowest BCUT2D eigenvalue weighted by atomic mass is 10.1. The van der Waals surface area contributed by atoms with Gasteiger partial charge in [-0.05, 0) is 31.2 Å². The van der Waals surface area contributed by atoms with E-state index in [1.54, 1.807) is 0 Å². The third-order valence-electron chi connectivity index (χ3n) is 3.23. The fourth-order valence-corrected chi connectivity index (χ4v) is 2.16. The number of amides is 1. The third kappa shape index (κ3) is 2.63. The van der Waals surface area contributed by atoms with Gasteiger partial charge < -0.3 is 14.8 Å². The second kappa shape index (κ2) is 5.48. The summed E-state index contributed by atoms with van der Waals surface area (Å²) in [6, 6.07) is 8.34. The van der Waals surface area contributed by atoms with Crippen molar-refractivity contribution < 1.29 is 23.5 Å². The Morgan fingerprint density at radius 3 is 2.55 bits per heavy atom. The third-order valence-corrected chi connectivity index (χ3v) is 3.23. The van der Waals surface area contributed by atoms with E-state index >= 15 is 0 Å². The highest BCUT2D eigenvalue weighted by atomic mass is 19.1. The minimum atomic E-state index is -0.513. The van der Waals surface area contributed by atoms with Gasteiger partial charge in [-0.2, -0.15) is 0 Å². The summed E-state index contributed by atoms with van der Waals surface area (Å²) in [6.45, 7) is 1.45. The fourth-order valence-electron chi connectivity index (χ4n) is 2.16. The molecule has 1 heterocycles. The van der Waals surface area contributed by atoms with E-state index in [0.29, 0.717) is 22.7 Å². The average Bonchev–Trinajstić information content (AvgIpc) is 2.93. The van der Waals surface area contributed by atoms with E-state index in [2.05, 4.69) is 5.32 Å². The molecular weight excluding hydrogens is 289 g/mol. The van der Waals surface area contributed by atoms with E-state index in [1.807, 2.05) is 0 Å². The number of anilines is 1. The smallest absolute Gasteiger partial charge is 0.255 e. The molecule has 0 spiro atoms. The number of fused-ring (bicyclic) bond motifs is 1. The fraction of sp³-hybridized carbons (Fsp3) is 0.125. The zero-order valence-corrected chi connectivity index (χ0v) is 11.7. The minimum absolute atomic E-state index is 0.0635. The molecule has 0 saturated heterocycles. The maximum atomic E-state index is 13.2. The van der Waals surface area contributed by atoms with Gasteiger partial charge in [0.05, 0.1) is 5.69 Å². The molecule has 1 amide bonds. The Balaban J connectivity index is 1.94. The standard InChI is InChI=1S/C16H12FNO4/c1-9(19)12-6-14-15(22-8-21-14)7-13(12)18-16(20)10-3-2-4-11(17)5-10/h2-7H,8H2,1H3,(H,18,20). The molecule has 2 aromatic rings. The second-order valence-electron chi connectivity index (χ2n) is 4.77. The molecule has 0 radical (unpaired) electrons. The molecule has 1 aliphatic rings. The first-order valence-electron chi connectivity index (χ1n) is 6.56. The lowest BCUT2D eigenvalue weighted by Gasteiger charge is -2.10. The molecule has 6 heteroatoms. The summed E-state index contributed by atoms with van der Waals surface area (Å²) in [4.78, 5) is 23.9. The van der Waals surface area contributed by atoms with Gasteiger partial charge in [-0.15, -0.1) is 0 Å². The molecule has 1 N–H and O–H groups in total. The first-order valence-corrected chi connectivity index (χ1v) is 6.56. The number of rotatable bonds is 3. The van der Waals surface area contributed by atoms with Crippen LogP contribution in [0.1, 0.15) is 27.6 Å². The molecule has 0 bridgehead atoms. The van der Waals surface area contributed by atoms with Crippen LogP contribution in [0, 0.1) is 5.82 Å². The SMILES string of the molecule is CC(=O)c1cc2c(cc1NC(=O)c1cccc(F)c1)OCO2. The highest BCUT2D eigenvalue weighted by Crippen LogP contribution is 2.37. The number of carbonyl (C=O) groups is 2. The van der Waals surface area contributed by atoms with E-state index in [-0.39, 0.29) is 18.1 Å². The molecule has 5 nitrogen and oxygen atoms in total. The van der Waals surface area contributed by atoms with Gasteiger partial charge in [0.15, 0.2) is 17.3 Å². The van der Waals surface area contributed by atoms with Crippen LogP contribution < -0.4 is 14.8 Å². The first kappa shape index (κ1) is 14.1. The molecule has 0 fully saturated rings. The van der Waals surface area contributed by atoms with Gasteiger partial charge in [0.1, 0.15) is 5.82 Å². The van der Waals surface area contributed by atoms with E-state index in [0.717, 1.165) is 6.07 Å². The Labute approximate surface area is 125 Å². The van der Waals surface area contributed by atoms with Crippen molar-refractivity contribution in [1.29, 1.82) is 0 Å². The summed E-state index contributed by atoms with van der Waals surface area (Å²) in [7, 11) is 0. The highest BCUT2D eigenvalue weighted by molar-refractivity contribution is 6.09. The summed E-state index contributed by atoms with van der Waals surface area (Å²) >= 11 is 0. The predicted molar refractivity (Wildman–Crippen MR) is 76.9 cm³/mol. The van der Waals surface area contributed by atoms with Crippen LogP contribution in [-0.2, 0) is 0 Å². The Kier molecular flexibility index (Phi) is 3.50. The van der Waals surface area contributed by atoms with Gasteiger partial charge in [0.2, 0.25) is 6.79 Å². The van der Waals surface area contributed by atoms with E-state index < -0.39 is 11.7 Å². The molecule has 0 aliphatic carbocycles. The molecule has 2 aromatic carbocycles. The van der Waals surface area contributed by atoms with Crippen LogP contribution in [0.15, 0.2) is 36.4 Å². The molecule has 22 heavy (non-hydrogen) atoms. The summed E-state index contributed by atoms with van der Waals surface area (Å²) in [5, 5.41) is 2.60. The number of carbonyl (C=O) groups excluding carboxylic acids is 2. The number of hydrogen-bond acceptors (Lipinski definition) is 4. The van der Waals surface area contributed by atoms with Crippen LogP contribution in [0.4, 0.5) is 10.1 Å². The van der Waals surface area contributed by atoms with E-state index in [9.17, 15) is 14.0 Å². The number of halogens is 1. The molecule has 0 aromatic heterocycles. The Morgan fingerprint density at radius 1 is 1.14 bits per heavy atom. The topological polar surface area (TPSA) is 64.6 Å². The molecule has 3 rings (SSSR count). The van der Waals surface area contributed by atoms with Crippen molar-refractivity contribution in [2.45, 2.75) is 6.92 Å². The van der Waals surface area contributed by atoms with Crippen LogP contribution in [0.2, 0.25) is 0 Å². The Hall–Kier alpha value is -2.89. The highest BCUT2D eigenvalue weighted by Gasteiger charge is 2.20. The number of hydrogen-bond donors (Lipinski definition) is 1. The summed E-state index contributed by atoms with van der Waals surface area (Å²) in [5.74, 6) is -0.354. The maximum Gasteiger partial charge on any atom is 0.255 e. The Morgan fingerprint density at radius 2 is 1.86 bits per heavy atom. The van der Waals surface area contributed by atoms with E-state index in [1.165, 1.54) is 37.3 Å². The number of Topliss-reactive ketones (excluding diaryl/α,β-unsaturated/α-hetero) is 1. The number of benzene rings is 2. The van der Waals surface area contributed by atoms with Crippen molar-refractivity contribution >= 4 is 17.4 Å². The lowest BCUT2D eigenvalue weighted by Crippen LogP contribution is -2.14. The average molecular weight is 301 g/mol. The number of ketones is 1. The van der Waals surface area contributed by atoms with E-state index in [4.69, 9.17) is 9.47 Å². The van der Waals surface area contributed by atoms with Crippen molar-refractivity contribution in [3.05, 3.63) is 53.3 Å². The monoisotopic (exact) mass is 301 g/mol. The molecule has 0 saturated carbocycles. The van der Waals surface area contributed by atoms with Crippen molar-refractivity contribution in [1.82, 2.24) is 0 Å². The summed E-state index contributed by atoms with van der Waals surface area (Å²) < 4.78 is 23.6. The zero-order chi connectivity index (χ0) is 15.7. The molecular formula is C16H12FNO4. The van der Waals surface area contributed by atoms with Gasteiger partial charge >= 0.3 is 0 Å². The molecule has 0 unspecified atom stereocenters. The summed E-state index contributed by atoms with van der Waals surface area (Å²) in [6.07, 6.45) is 0. The quantitative estimate of drug-likeness (QED) is 0.885. The number of ether oxygens (including phenoxy) is 2. The van der Waals surface area contributed by atoms with Gasteiger partial charge in [-0.3, -0.25) is 9.59 Å². The van der Waals surface area contributed by atoms with Gasteiger partial charge in [-0.25, -0.2) is 4.39 Å². The Bertz CT molecular complexity index is 773. The first-order chi connectivity index (χ1) is 10.5. The van der Waals surface area contributed by atoms with Crippen LogP contribution in [0.3, 0.4) is 0 Å². The van der Waals surface area contributed by atoms with Crippen molar-refractivity contribution in [2.75, 3.05) is 12.1 Å². The van der Waals surface area contributed by atoms with Gasteiger partial charge in [0.25, 0.3) is 5.91 Å². The lowest BCUT2D eigenvalue weighted by molar-refractivity contribution is 0.101. The predicted octanol–water partition coefficient (Wildman–Crippen LogP) is 3.01. The number of nitrogens with one attached hydrogen (secondary N) is 1. The summed E-state index contributed by atoms with van der Waals surface area (Å²) in [5.41, 5.74) is 0.757. The van der Waals surface area contributed by atoms with Crippen molar-refractivity contribution in [2.24, 2.45) is 0 Å². The molecule has 1 aliphatic heterocycles. The van der Waals surface area contributed by atoms with Crippen LogP contribution in [0.25, 0.3) is 0 Å².